The number of guanidine groups is 1. The van der Waals surface area contributed by atoms with E-state index in [-0.39, 0.29) is 24.5 Å². The normalized spacial score (nSPS) is 11.8. The molecule has 0 radical (unpaired) electrons. The van der Waals surface area contributed by atoms with Gasteiger partial charge in [0.2, 0.25) is 5.91 Å². The number of amides is 1. The van der Waals surface area contributed by atoms with Crippen molar-refractivity contribution in [2.75, 3.05) is 13.6 Å². The molecule has 0 aliphatic heterocycles. The van der Waals surface area contributed by atoms with Gasteiger partial charge in [-0.05, 0) is 19.8 Å². The molecule has 1 atom stereocenters. The quantitative estimate of drug-likeness (QED) is 0.233. The molecule has 0 aromatic heterocycles. The molecular weight excluding hydrogens is 310 g/mol. The molecule has 0 spiro atoms. The van der Waals surface area contributed by atoms with Gasteiger partial charge in [-0.15, -0.1) is 0 Å². The molecule has 0 aromatic rings. The lowest BCUT2D eigenvalue weighted by Gasteiger charge is -2.17. The van der Waals surface area contributed by atoms with Crippen molar-refractivity contribution in [1.29, 1.82) is 5.41 Å². The highest BCUT2D eigenvalue weighted by Crippen LogP contribution is 2.11. The van der Waals surface area contributed by atoms with Crippen molar-refractivity contribution in [2.45, 2.75) is 77.2 Å². The number of aliphatic hydroxyl groups is 1. The lowest BCUT2D eigenvalue weighted by Crippen LogP contribution is -2.43. The number of nitrogens with zero attached hydrogens (tertiary/aromatic N) is 1. The smallest absolute Gasteiger partial charge is 0.323 e. The average Bonchev–Trinajstić information content (AvgIpc) is 2.48. The standard InChI is InChI=1S/C17H33N3O4/c1-14(21)11-9-7-5-3-4-6-8-10-12-15(22)19-17(18)20(2)13-16(23)24/h14,21H,3-13H2,1-2H3,(H,23,24)(H2,18,19,22). The number of hydrogen-bond donors (Lipinski definition) is 4. The predicted octanol–water partition coefficient (Wildman–Crippen LogP) is 2.34. The molecule has 7 heteroatoms. The number of likely N-dealkylation sites (N-methyl/N-ethyl adjacent to an activating group) is 1. The topological polar surface area (TPSA) is 114 Å². The van der Waals surface area contributed by atoms with Crippen molar-refractivity contribution < 1.29 is 19.8 Å². The fraction of sp³-hybridized carbons (Fsp3) is 0.824. The highest BCUT2D eigenvalue weighted by molar-refractivity contribution is 5.96. The maximum Gasteiger partial charge on any atom is 0.323 e. The van der Waals surface area contributed by atoms with Crippen molar-refractivity contribution in [3.63, 3.8) is 0 Å². The first-order valence-electron chi connectivity index (χ1n) is 8.82. The summed E-state index contributed by atoms with van der Waals surface area (Å²) in [5.74, 6) is -1.46. The Morgan fingerprint density at radius 1 is 1.04 bits per heavy atom. The molecule has 0 rings (SSSR count). The van der Waals surface area contributed by atoms with E-state index in [1.165, 1.54) is 31.2 Å². The van der Waals surface area contributed by atoms with Gasteiger partial charge in [-0.1, -0.05) is 44.9 Å². The summed E-state index contributed by atoms with van der Waals surface area (Å²) < 4.78 is 0. The van der Waals surface area contributed by atoms with E-state index in [1.54, 1.807) is 0 Å². The summed E-state index contributed by atoms with van der Waals surface area (Å²) in [6.45, 7) is 1.51. The average molecular weight is 343 g/mol. The van der Waals surface area contributed by atoms with E-state index in [9.17, 15) is 9.59 Å². The summed E-state index contributed by atoms with van der Waals surface area (Å²) in [7, 11) is 1.46. The molecular formula is C17H33N3O4. The SMILES string of the molecule is CC(O)CCCCCCCCCCC(=O)NC(=N)N(C)CC(=O)O. The molecule has 0 heterocycles. The third-order valence-corrected chi connectivity index (χ3v) is 3.79. The number of hydrogen-bond acceptors (Lipinski definition) is 4. The molecule has 0 bridgehead atoms. The van der Waals surface area contributed by atoms with Gasteiger partial charge in [0, 0.05) is 13.5 Å². The second-order valence-electron chi connectivity index (χ2n) is 6.36. The van der Waals surface area contributed by atoms with Crippen molar-refractivity contribution in [1.82, 2.24) is 10.2 Å². The van der Waals surface area contributed by atoms with Crippen LogP contribution in [0.5, 0.6) is 0 Å². The third-order valence-electron chi connectivity index (χ3n) is 3.79. The van der Waals surface area contributed by atoms with Crippen LogP contribution in [-0.4, -0.2) is 52.6 Å². The summed E-state index contributed by atoms with van der Waals surface area (Å²) in [5, 5.41) is 27.8. The summed E-state index contributed by atoms with van der Waals surface area (Å²) in [4.78, 5) is 23.4. The van der Waals surface area contributed by atoms with Crippen molar-refractivity contribution in [3.05, 3.63) is 0 Å². The summed E-state index contributed by atoms with van der Waals surface area (Å²) in [6, 6.07) is 0. The fourth-order valence-corrected chi connectivity index (χ4v) is 2.36. The molecule has 0 saturated carbocycles. The van der Waals surface area contributed by atoms with Crippen molar-refractivity contribution in [2.24, 2.45) is 0 Å². The van der Waals surface area contributed by atoms with Crippen LogP contribution < -0.4 is 5.32 Å². The maximum atomic E-state index is 11.7. The van der Waals surface area contributed by atoms with Gasteiger partial charge in [-0.25, -0.2) is 0 Å². The van der Waals surface area contributed by atoms with Crippen LogP contribution in [0.4, 0.5) is 0 Å². The van der Waals surface area contributed by atoms with Gasteiger partial charge in [0.1, 0.15) is 6.54 Å². The largest absolute Gasteiger partial charge is 0.480 e. The lowest BCUT2D eigenvalue weighted by molar-refractivity contribution is -0.137. The maximum absolute atomic E-state index is 11.7. The second-order valence-corrected chi connectivity index (χ2v) is 6.36. The van der Waals surface area contributed by atoms with Crippen LogP contribution >= 0.6 is 0 Å². The van der Waals surface area contributed by atoms with E-state index in [1.807, 2.05) is 6.92 Å². The molecule has 4 N–H and O–H groups in total. The van der Waals surface area contributed by atoms with Crippen LogP contribution in [0.25, 0.3) is 0 Å². The lowest BCUT2D eigenvalue weighted by atomic mass is 10.1. The molecule has 7 nitrogen and oxygen atoms in total. The van der Waals surface area contributed by atoms with Gasteiger partial charge in [-0.2, -0.15) is 0 Å². The Kier molecular flexibility index (Phi) is 12.8. The van der Waals surface area contributed by atoms with Gasteiger partial charge in [-0.3, -0.25) is 20.3 Å². The molecule has 0 aromatic carbocycles. The number of carbonyl (C=O) groups is 2. The molecule has 0 aliphatic carbocycles. The molecule has 0 saturated heterocycles. The number of aliphatic carboxylic acids is 1. The van der Waals surface area contributed by atoms with E-state index >= 15 is 0 Å². The molecule has 0 fully saturated rings. The predicted molar refractivity (Wildman–Crippen MR) is 94.0 cm³/mol. The summed E-state index contributed by atoms with van der Waals surface area (Å²) >= 11 is 0. The van der Waals surface area contributed by atoms with E-state index in [0.29, 0.717) is 6.42 Å². The van der Waals surface area contributed by atoms with Crippen molar-refractivity contribution in [3.8, 4) is 0 Å². The number of nitrogens with one attached hydrogen (secondary N) is 2. The number of unbranched alkanes of at least 4 members (excludes halogenated alkanes) is 7. The minimum atomic E-state index is -1.04. The minimum absolute atomic E-state index is 0.181. The number of carboxylic acids is 1. The molecule has 1 unspecified atom stereocenters. The summed E-state index contributed by atoms with van der Waals surface area (Å²) in [5.41, 5.74) is 0. The van der Waals surface area contributed by atoms with Gasteiger partial charge >= 0.3 is 5.97 Å². The van der Waals surface area contributed by atoms with Gasteiger partial charge in [0.15, 0.2) is 5.96 Å². The highest BCUT2D eigenvalue weighted by Gasteiger charge is 2.11. The summed E-state index contributed by atoms with van der Waals surface area (Å²) in [6.07, 6.45) is 9.71. The Bertz CT molecular complexity index is 386. The zero-order valence-electron chi connectivity index (χ0n) is 15.0. The Labute approximate surface area is 144 Å². The Morgan fingerprint density at radius 2 is 1.54 bits per heavy atom. The van der Waals surface area contributed by atoms with Gasteiger partial charge in [0.25, 0.3) is 0 Å². The van der Waals surface area contributed by atoms with Crippen molar-refractivity contribution >= 4 is 17.8 Å². The van der Waals surface area contributed by atoms with Gasteiger partial charge < -0.3 is 15.1 Å². The molecule has 0 aliphatic rings. The molecule has 140 valence electrons. The van der Waals surface area contributed by atoms with Crippen LogP contribution in [0.1, 0.15) is 71.1 Å². The molecule has 24 heavy (non-hydrogen) atoms. The zero-order valence-corrected chi connectivity index (χ0v) is 15.0. The third kappa shape index (κ3) is 14.0. The molecule has 1 amide bonds. The Hall–Kier alpha value is -1.63. The number of carboxylic acid groups (broad SMARTS) is 1. The monoisotopic (exact) mass is 343 g/mol. The number of rotatable bonds is 13. The first kappa shape index (κ1) is 22.4. The van der Waals surface area contributed by atoms with Crippen LogP contribution in [0, 0.1) is 5.41 Å². The van der Waals surface area contributed by atoms with Crippen LogP contribution in [-0.2, 0) is 9.59 Å². The van der Waals surface area contributed by atoms with Crippen LogP contribution in [0.15, 0.2) is 0 Å². The Morgan fingerprint density at radius 3 is 2.04 bits per heavy atom. The zero-order chi connectivity index (χ0) is 18.4. The number of aliphatic hydroxyl groups excluding tert-OH is 1. The first-order chi connectivity index (χ1) is 11.3. The van der Waals surface area contributed by atoms with E-state index in [0.717, 1.165) is 38.5 Å². The van der Waals surface area contributed by atoms with E-state index < -0.39 is 5.97 Å². The second kappa shape index (κ2) is 13.8. The van der Waals surface area contributed by atoms with Crippen LogP contribution in [0.3, 0.4) is 0 Å². The Balaban J connectivity index is 3.49. The van der Waals surface area contributed by atoms with Gasteiger partial charge in [0.05, 0.1) is 6.10 Å². The first-order valence-corrected chi connectivity index (χ1v) is 8.82. The fourth-order valence-electron chi connectivity index (χ4n) is 2.36. The van der Waals surface area contributed by atoms with E-state index in [4.69, 9.17) is 15.6 Å². The van der Waals surface area contributed by atoms with E-state index in [2.05, 4.69) is 5.32 Å². The van der Waals surface area contributed by atoms with Crippen LogP contribution in [0.2, 0.25) is 0 Å². The number of carbonyl (C=O) groups excluding carboxylic acids is 1. The minimum Gasteiger partial charge on any atom is -0.480 e. The highest BCUT2D eigenvalue weighted by atomic mass is 16.4.